The van der Waals surface area contributed by atoms with Crippen LogP contribution in [0, 0.1) is 0 Å². The van der Waals surface area contributed by atoms with Gasteiger partial charge in [-0.1, -0.05) is 29.8 Å². The fourth-order valence-electron chi connectivity index (χ4n) is 1.39. The van der Waals surface area contributed by atoms with Crippen LogP contribution in [0.15, 0.2) is 48.7 Å². The number of esters is 1. The lowest BCUT2D eigenvalue weighted by atomic mass is 10.3. The highest BCUT2D eigenvalue weighted by Crippen LogP contribution is 2.08. The van der Waals surface area contributed by atoms with Crippen LogP contribution in [0.2, 0.25) is 5.15 Å². The number of hydrogen-bond acceptors (Lipinski definition) is 4. The van der Waals surface area contributed by atoms with Crippen molar-refractivity contribution in [2.24, 2.45) is 0 Å². The molecule has 0 aliphatic heterocycles. The van der Waals surface area contributed by atoms with E-state index in [2.05, 4.69) is 4.98 Å². The lowest BCUT2D eigenvalue weighted by Gasteiger charge is -2.07. The molecule has 0 fully saturated rings. The van der Waals surface area contributed by atoms with Crippen LogP contribution in [-0.2, 0) is 4.74 Å². The Morgan fingerprint density at radius 2 is 1.89 bits per heavy atom. The van der Waals surface area contributed by atoms with E-state index < -0.39 is 5.97 Å². The summed E-state index contributed by atoms with van der Waals surface area (Å²) >= 11 is 5.63. The third-order valence-corrected chi connectivity index (χ3v) is 2.52. The second-order valence-corrected chi connectivity index (χ2v) is 4.05. The maximum absolute atomic E-state index is 11.6. The van der Waals surface area contributed by atoms with Crippen LogP contribution in [-0.4, -0.2) is 24.2 Å². The Morgan fingerprint density at radius 1 is 1.11 bits per heavy atom. The highest BCUT2D eigenvalue weighted by atomic mass is 35.5. The molecular formula is C14H12ClNO3. The molecule has 19 heavy (non-hydrogen) atoms. The van der Waals surface area contributed by atoms with Gasteiger partial charge in [-0.3, -0.25) is 0 Å². The number of hydrogen-bond donors (Lipinski definition) is 0. The van der Waals surface area contributed by atoms with Crippen molar-refractivity contribution in [2.45, 2.75) is 0 Å². The molecule has 0 atom stereocenters. The molecule has 2 rings (SSSR count). The number of ether oxygens (including phenoxy) is 2. The number of benzene rings is 1. The van der Waals surface area contributed by atoms with E-state index in [1.165, 1.54) is 6.20 Å². The third kappa shape index (κ3) is 4.26. The summed E-state index contributed by atoms with van der Waals surface area (Å²) in [4.78, 5) is 15.4. The number of aromatic nitrogens is 1. The van der Waals surface area contributed by atoms with Crippen LogP contribution >= 0.6 is 11.6 Å². The molecule has 2 aromatic rings. The quantitative estimate of drug-likeness (QED) is 0.479. The van der Waals surface area contributed by atoms with Crippen molar-refractivity contribution in [2.75, 3.05) is 13.2 Å². The Kier molecular flexibility index (Phi) is 4.75. The molecule has 1 aromatic heterocycles. The van der Waals surface area contributed by atoms with Gasteiger partial charge in [-0.15, -0.1) is 0 Å². The fourth-order valence-corrected chi connectivity index (χ4v) is 1.50. The normalized spacial score (nSPS) is 9.95. The Balaban J connectivity index is 1.74. The number of nitrogens with zero attached hydrogens (tertiary/aromatic N) is 1. The van der Waals surface area contributed by atoms with Gasteiger partial charge in [-0.25, -0.2) is 9.78 Å². The van der Waals surface area contributed by atoms with Gasteiger partial charge in [-0.05, 0) is 24.3 Å². The predicted molar refractivity (Wildman–Crippen MR) is 71.5 cm³/mol. The fraction of sp³-hybridized carbons (Fsp3) is 0.143. The lowest BCUT2D eigenvalue weighted by molar-refractivity contribution is 0.0450. The van der Waals surface area contributed by atoms with E-state index in [-0.39, 0.29) is 6.61 Å². The van der Waals surface area contributed by atoms with Crippen molar-refractivity contribution < 1.29 is 14.3 Å². The minimum atomic E-state index is -0.444. The Bertz CT molecular complexity index is 528. The Labute approximate surface area is 115 Å². The number of carbonyl (C=O) groups is 1. The van der Waals surface area contributed by atoms with Crippen LogP contribution in [0.1, 0.15) is 10.4 Å². The first kappa shape index (κ1) is 13.4. The van der Waals surface area contributed by atoms with Crippen LogP contribution in [0.3, 0.4) is 0 Å². The van der Waals surface area contributed by atoms with Crippen molar-refractivity contribution in [1.82, 2.24) is 4.98 Å². The smallest absolute Gasteiger partial charge is 0.339 e. The van der Waals surface area contributed by atoms with E-state index in [0.29, 0.717) is 17.3 Å². The van der Waals surface area contributed by atoms with Gasteiger partial charge < -0.3 is 9.47 Å². The number of rotatable bonds is 5. The molecule has 0 bridgehead atoms. The molecule has 0 saturated heterocycles. The van der Waals surface area contributed by atoms with E-state index in [9.17, 15) is 4.79 Å². The Hall–Kier alpha value is -2.07. The van der Waals surface area contributed by atoms with Crippen LogP contribution < -0.4 is 4.74 Å². The highest BCUT2D eigenvalue weighted by molar-refractivity contribution is 6.29. The molecule has 0 amide bonds. The summed E-state index contributed by atoms with van der Waals surface area (Å²) in [7, 11) is 0. The van der Waals surface area contributed by atoms with E-state index in [4.69, 9.17) is 21.1 Å². The molecule has 0 saturated carbocycles. The molecular weight excluding hydrogens is 266 g/mol. The highest BCUT2D eigenvalue weighted by Gasteiger charge is 2.07. The number of halogens is 1. The van der Waals surface area contributed by atoms with Crippen LogP contribution in [0.4, 0.5) is 0 Å². The average molecular weight is 278 g/mol. The molecule has 0 unspecified atom stereocenters. The molecule has 98 valence electrons. The first-order valence-electron chi connectivity index (χ1n) is 5.72. The van der Waals surface area contributed by atoms with Crippen molar-refractivity contribution in [3.05, 3.63) is 59.4 Å². The van der Waals surface area contributed by atoms with Gasteiger partial charge in [0.15, 0.2) is 0 Å². The van der Waals surface area contributed by atoms with Crippen molar-refractivity contribution >= 4 is 17.6 Å². The van der Waals surface area contributed by atoms with E-state index in [1.807, 2.05) is 30.3 Å². The molecule has 1 aromatic carbocycles. The summed E-state index contributed by atoms with van der Waals surface area (Å²) in [5, 5.41) is 0.337. The van der Waals surface area contributed by atoms with Crippen molar-refractivity contribution in [3.63, 3.8) is 0 Å². The zero-order valence-corrected chi connectivity index (χ0v) is 10.8. The molecule has 0 N–H and O–H groups in total. The molecule has 0 aliphatic carbocycles. The monoisotopic (exact) mass is 277 g/mol. The topological polar surface area (TPSA) is 48.4 Å². The molecule has 4 nitrogen and oxygen atoms in total. The summed E-state index contributed by atoms with van der Waals surface area (Å²) < 4.78 is 10.4. The maximum atomic E-state index is 11.6. The average Bonchev–Trinajstić information content (AvgIpc) is 2.45. The zero-order chi connectivity index (χ0) is 13.5. The third-order valence-electron chi connectivity index (χ3n) is 2.29. The lowest BCUT2D eigenvalue weighted by Crippen LogP contribution is -2.12. The minimum absolute atomic E-state index is 0.177. The van der Waals surface area contributed by atoms with Crippen LogP contribution in [0.25, 0.3) is 0 Å². The summed E-state index contributed by atoms with van der Waals surface area (Å²) in [6.07, 6.45) is 1.38. The molecule has 0 aliphatic rings. The number of para-hydroxylation sites is 1. The second-order valence-electron chi connectivity index (χ2n) is 3.67. The van der Waals surface area contributed by atoms with E-state index >= 15 is 0 Å². The first-order valence-corrected chi connectivity index (χ1v) is 6.10. The van der Waals surface area contributed by atoms with E-state index in [1.54, 1.807) is 12.1 Å². The second kappa shape index (κ2) is 6.75. The van der Waals surface area contributed by atoms with Crippen molar-refractivity contribution in [3.8, 4) is 5.75 Å². The minimum Gasteiger partial charge on any atom is -0.490 e. The van der Waals surface area contributed by atoms with Gasteiger partial charge in [0.2, 0.25) is 0 Å². The first-order chi connectivity index (χ1) is 9.25. The summed E-state index contributed by atoms with van der Waals surface area (Å²) in [6.45, 7) is 0.479. The van der Waals surface area contributed by atoms with Gasteiger partial charge in [0.1, 0.15) is 24.1 Å². The van der Waals surface area contributed by atoms with Gasteiger partial charge in [0, 0.05) is 6.20 Å². The number of pyridine rings is 1. The maximum Gasteiger partial charge on any atom is 0.339 e. The largest absolute Gasteiger partial charge is 0.490 e. The summed E-state index contributed by atoms with van der Waals surface area (Å²) in [5.41, 5.74) is 0.365. The van der Waals surface area contributed by atoms with Gasteiger partial charge in [0.25, 0.3) is 0 Å². The SMILES string of the molecule is O=C(OCCOc1ccccc1)c1ccc(Cl)nc1. The molecule has 1 heterocycles. The standard InChI is InChI=1S/C14H12ClNO3/c15-13-7-6-11(10-16-13)14(17)19-9-8-18-12-4-2-1-3-5-12/h1-7,10H,8-9H2. The van der Waals surface area contributed by atoms with Gasteiger partial charge >= 0.3 is 5.97 Å². The zero-order valence-electron chi connectivity index (χ0n) is 10.1. The van der Waals surface area contributed by atoms with Gasteiger partial charge in [0.05, 0.1) is 5.56 Å². The predicted octanol–water partition coefficient (Wildman–Crippen LogP) is 2.97. The van der Waals surface area contributed by atoms with Crippen LogP contribution in [0.5, 0.6) is 5.75 Å². The Morgan fingerprint density at radius 3 is 2.58 bits per heavy atom. The molecule has 0 radical (unpaired) electrons. The van der Waals surface area contributed by atoms with Crippen molar-refractivity contribution in [1.29, 1.82) is 0 Å². The van der Waals surface area contributed by atoms with E-state index in [0.717, 1.165) is 5.75 Å². The number of carbonyl (C=O) groups excluding carboxylic acids is 1. The van der Waals surface area contributed by atoms with Gasteiger partial charge in [-0.2, -0.15) is 0 Å². The summed E-state index contributed by atoms with van der Waals surface area (Å²) in [6, 6.07) is 12.4. The summed E-state index contributed by atoms with van der Waals surface area (Å²) in [5.74, 6) is 0.299. The molecule has 5 heteroatoms. The molecule has 0 spiro atoms.